The van der Waals surface area contributed by atoms with Crippen LogP contribution in [0.1, 0.15) is 26.5 Å². The summed E-state index contributed by atoms with van der Waals surface area (Å²) < 4.78 is 5.46. The first-order valence-corrected chi connectivity index (χ1v) is 9.28. The summed E-state index contributed by atoms with van der Waals surface area (Å²) in [5.41, 5.74) is 2.05. The monoisotopic (exact) mass is 397 g/mol. The minimum Gasteiger partial charge on any atom is -0.463 e. The summed E-state index contributed by atoms with van der Waals surface area (Å²) in [4.78, 5) is 42.9. The highest BCUT2D eigenvalue weighted by atomic mass is 32.1. The van der Waals surface area contributed by atoms with Gasteiger partial charge in [-0.1, -0.05) is 23.0 Å². The average molecular weight is 397 g/mol. The van der Waals surface area contributed by atoms with Crippen molar-refractivity contribution < 1.29 is 14.0 Å². The van der Waals surface area contributed by atoms with E-state index in [4.69, 9.17) is 4.42 Å². The van der Waals surface area contributed by atoms with E-state index < -0.39 is 5.91 Å². The summed E-state index contributed by atoms with van der Waals surface area (Å²) in [5, 5.41) is 3.39. The van der Waals surface area contributed by atoms with E-state index in [0.29, 0.717) is 26.7 Å². The van der Waals surface area contributed by atoms with Crippen molar-refractivity contribution in [2.45, 2.75) is 13.8 Å². The highest BCUT2D eigenvalue weighted by molar-refractivity contribution is 7.17. The molecular formula is C20H19N3O4S. The molecule has 7 nitrogen and oxygen atoms in total. The van der Waals surface area contributed by atoms with Crippen LogP contribution in [0.3, 0.4) is 0 Å². The Morgan fingerprint density at radius 2 is 2.00 bits per heavy atom. The standard InChI is InChI=1S/C20H19N3O4S/c1-11-5-7-15-14(9-11)17(25)13(10-27-15)6-8-16(24)22-20-21-12(2)18(28-20)19(26)23(3)4/h5-10H,1-4H3,(H,21,22,24)/b8-6+. The predicted molar refractivity (Wildman–Crippen MR) is 110 cm³/mol. The highest BCUT2D eigenvalue weighted by Crippen LogP contribution is 2.23. The second-order valence-electron chi connectivity index (χ2n) is 6.48. The van der Waals surface area contributed by atoms with Crippen LogP contribution in [-0.4, -0.2) is 35.8 Å². The fourth-order valence-electron chi connectivity index (χ4n) is 2.54. The molecule has 144 valence electrons. The molecule has 0 aliphatic rings. The maximum atomic E-state index is 12.5. The van der Waals surface area contributed by atoms with Crippen LogP contribution in [0.4, 0.5) is 5.13 Å². The van der Waals surface area contributed by atoms with Crippen LogP contribution in [0.2, 0.25) is 0 Å². The quantitative estimate of drug-likeness (QED) is 0.683. The third kappa shape index (κ3) is 4.01. The van der Waals surface area contributed by atoms with Gasteiger partial charge in [0, 0.05) is 20.2 Å². The molecule has 2 aromatic heterocycles. The fourth-order valence-corrected chi connectivity index (χ4v) is 3.53. The number of nitrogens with zero attached hydrogens (tertiary/aromatic N) is 2. The van der Waals surface area contributed by atoms with Crippen molar-refractivity contribution in [3.63, 3.8) is 0 Å². The lowest BCUT2D eigenvalue weighted by atomic mass is 10.1. The average Bonchev–Trinajstić information content (AvgIpc) is 3.00. The predicted octanol–water partition coefficient (Wildman–Crippen LogP) is 3.22. The van der Waals surface area contributed by atoms with Gasteiger partial charge in [-0.05, 0) is 32.1 Å². The van der Waals surface area contributed by atoms with Gasteiger partial charge in [0.15, 0.2) is 10.6 Å². The smallest absolute Gasteiger partial charge is 0.265 e. The summed E-state index contributed by atoms with van der Waals surface area (Å²) in [6, 6.07) is 5.35. The van der Waals surface area contributed by atoms with Gasteiger partial charge in [0.05, 0.1) is 16.6 Å². The van der Waals surface area contributed by atoms with Crippen LogP contribution in [-0.2, 0) is 4.79 Å². The Kier molecular flexibility index (Phi) is 5.41. The van der Waals surface area contributed by atoms with Gasteiger partial charge in [-0.3, -0.25) is 19.7 Å². The number of anilines is 1. The number of carbonyl (C=O) groups excluding carboxylic acids is 2. The van der Waals surface area contributed by atoms with E-state index in [-0.39, 0.29) is 16.9 Å². The van der Waals surface area contributed by atoms with E-state index >= 15 is 0 Å². The summed E-state index contributed by atoms with van der Waals surface area (Å²) in [5.74, 6) is -0.628. The lowest BCUT2D eigenvalue weighted by molar-refractivity contribution is -0.111. The first-order valence-electron chi connectivity index (χ1n) is 8.46. The molecule has 0 aliphatic carbocycles. The number of hydrogen-bond acceptors (Lipinski definition) is 6. The Bertz CT molecular complexity index is 1160. The maximum absolute atomic E-state index is 12.5. The molecule has 8 heteroatoms. The molecule has 28 heavy (non-hydrogen) atoms. The summed E-state index contributed by atoms with van der Waals surface area (Å²) >= 11 is 1.10. The molecule has 0 unspecified atom stereocenters. The van der Waals surface area contributed by atoms with Crippen molar-refractivity contribution in [3.05, 3.63) is 62.5 Å². The van der Waals surface area contributed by atoms with Gasteiger partial charge in [0.2, 0.25) is 5.91 Å². The molecule has 0 saturated carbocycles. The number of thiazole rings is 1. The van der Waals surface area contributed by atoms with Gasteiger partial charge in [-0.15, -0.1) is 0 Å². The van der Waals surface area contributed by atoms with Gasteiger partial charge < -0.3 is 9.32 Å². The largest absolute Gasteiger partial charge is 0.463 e. The first-order chi connectivity index (χ1) is 13.3. The second-order valence-corrected chi connectivity index (χ2v) is 7.47. The molecule has 0 radical (unpaired) electrons. The fraction of sp³-hybridized carbons (Fsp3) is 0.200. The van der Waals surface area contributed by atoms with Gasteiger partial charge in [-0.2, -0.15) is 0 Å². The van der Waals surface area contributed by atoms with Crippen molar-refractivity contribution in [2.24, 2.45) is 0 Å². The van der Waals surface area contributed by atoms with Crippen LogP contribution in [0.5, 0.6) is 0 Å². The van der Waals surface area contributed by atoms with Crippen LogP contribution >= 0.6 is 11.3 Å². The van der Waals surface area contributed by atoms with Gasteiger partial charge in [-0.25, -0.2) is 4.98 Å². The van der Waals surface area contributed by atoms with E-state index in [1.54, 1.807) is 33.2 Å². The third-order valence-electron chi connectivity index (χ3n) is 4.00. The Balaban J connectivity index is 1.79. The zero-order valence-corrected chi connectivity index (χ0v) is 16.7. The number of carbonyl (C=O) groups is 2. The molecule has 1 N–H and O–H groups in total. The Hall–Kier alpha value is -3.26. The van der Waals surface area contributed by atoms with Crippen molar-refractivity contribution in [2.75, 3.05) is 19.4 Å². The number of hydrogen-bond donors (Lipinski definition) is 1. The number of benzene rings is 1. The maximum Gasteiger partial charge on any atom is 0.265 e. The highest BCUT2D eigenvalue weighted by Gasteiger charge is 2.17. The minimum absolute atomic E-state index is 0.171. The van der Waals surface area contributed by atoms with Crippen LogP contribution in [0.15, 0.2) is 39.7 Å². The molecule has 0 fully saturated rings. The normalized spacial score (nSPS) is 11.1. The molecule has 3 rings (SSSR count). The number of aryl methyl sites for hydroxylation is 2. The van der Waals surface area contributed by atoms with Gasteiger partial charge >= 0.3 is 0 Å². The molecule has 0 saturated heterocycles. The number of aromatic nitrogens is 1. The van der Waals surface area contributed by atoms with E-state index in [9.17, 15) is 14.4 Å². The number of amides is 2. The zero-order valence-electron chi connectivity index (χ0n) is 15.9. The molecular weight excluding hydrogens is 378 g/mol. The van der Waals surface area contributed by atoms with Crippen LogP contribution < -0.4 is 10.7 Å². The summed E-state index contributed by atoms with van der Waals surface area (Å²) in [6.07, 6.45) is 3.96. The summed E-state index contributed by atoms with van der Waals surface area (Å²) in [6.45, 7) is 3.60. The number of nitrogens with one attached hydrogen (secondary N) is 1. The topological polar surface area (TPSA) is 92.5 Å². The van der Waals surface area contributed by atoms with Gasteiger partial charge in [0.25, 0.3) is 5.91 Å². The lowest BCUT2D eigenvalue weighted by Crippen LogP contribution is -2.21. The Morgan fingerprint density at radius 3 is 2.71 bits per heavy atom. The molecule has 0 atom stereocenters. The Morgan fingerprint density at radius 1 is 1.25 bits per heavy atom. The molecule has 2 heterocycles. The molecule has 0 bridgehead atoms. The SMILES string of the molecule is Cc1ccc2occ(/C=C/C(=O)Nc3nc(C)c(C(=O)N(C)C)s3)c(=O)c2c1. The molecule has 0 spiro atoms. The first kappa shape index (κ1) is 19.5. The van der Waals surface area contributed by atoms with Crippen LogP contribution in [0, 0.1) is 13.8 Å². The van der Waals surface area contributed by atoms with Crippen molar-refractivity contribution >= 4 is 45.3 Å². The summed E-state index contributed by atoms with van der Waals surface area (Å²) in [7, 11) is 3.30. The van der Waals surface area contributed by atoms with E-state index in [1.165, 1.54) is 23.3 Å². The van der Waals surface area contributed by atoms with E-state index in [1.807, 2.05) is 13.0 Å². The van der Waals surface area contributed by atoms with Crippen molar-refractivity contribution in [3.8, 4) is 0 Å². The molecule has 2 amide bonds. The third-order valence-corrected chi connectivity index (χ3v) is 5.06. The lowest BCUT2D eigenvalue weighted by Gasteiger charge is -2.07. The number of fused-ring (bicyclic) bond motifs is 1. The van der Waals surface area contributed by atoms with Crippen molar-refractivity contribution in [1.82, 2.24) is 9.88 Å². The van der Waals surface area contributed by atoms with Crippen LogP contribution in [0.25, 0.3) is 17.0 Å². The van der Waals surface area contributed by atoms with Gasteiger partial charge in [0.1, 0.15) is 16.7 Å². The zero-order chi connectivity index (χ0) is 20.4. The molecule has 1 aromatic carbocycles. The number of rotatable bonds is 4. The van der Waals surface area contributed by atoms with E-state index in [0.717, 1.165) is 16.9 Å². The minimum atomic E-state index is -0.457. The molecule has 3 aromatic rings. The van der Waals surface area contributed by atoms with Crippen molar-refractivity contribution in [1.29, 1.82) is 0 Å². The second kappa shape index (κ2) is 7.77. The molecule has 0 aliphatic heterocycles. The Labute approximate surface area is 165 Å². The van der Waals surface area contributed by atoms with E-state index in [2.05, 4.69) is 10.3 Å².